The molecule has 2 heteroatoms. The molecule has 0 aliphatic carbocycles. The fourth-order valence-corrected chi connectivity index (χ4v) is 9.99. The van der Waals surface area contributed by atoms with E-state index in [1.165, 1.54) is 115 Å². The van der Waals surface area contributed by atoms with Gasteiger partial charge >= 0.3 is 0 Å². The van der Waals surface area contributed by atoms with E-state index in [4.69, 9.17) is 0 Å². The third-order valence-corrected chi connectivity index (χ3v) is 12.9. The van der Waals surface area contributed by atoms with Crippen molar-refractivity contribution in [3.63, 3.8) is 0 Å². The fraction of sp³-hybridized carbons (Fsp3) is 0. The normalized spacial score (nSPS) is 12.0. The highest BCUT2D eigenvalue weighted by Gasteiger charge is 2.17. The molecule has 0 unspecified atom stereocenters. The molecule has 0 radical (unpaired) electrons. The maximum absolute atomic E-state index is 2.41. The summed E-state index contributed by atoms with van der Waals surface area (Å²) in [7, 11) is 0. The molecule has 2 heterocycles. The SMILES string of the molecule is c1ccc2cc(-n3c4ccccc4c4cc(-c5ccc6c(c5)c5ccccc5n6-c5ccc(-c6ccc7c(ccc8c9ccccc9ccc78)c6)cc5)ccc43)ccc2c1. The Hall–Kier alpha value is -7.94. The minimum Gasteiger partial charge on any atom is -0.309 e. The zero-order chi connectivity index (χ0) is 39.3. The number of hydrogen-bond acceptors (Lipinski definition) is 0. The van der Waals surface area contributed by atoms with Crippen LogP contribution in [-0.4, -0.2) is 9.13 Å². The van der Waals surface area contributed by atoms with Crippen LogP contribution in [0.25, 0.3) is 120 Å². The topological polar surface area (TPSA) is 9.86 Å². The van der Waals surface area contributed by atoms with Gasteiger partial charge in [0.2, 0.25) is 0 Å². The predicted octanol–water partition coefficient (Wildman–Crippen LogP) is 15.8. The van der Waals surface area contributed by atoms with Crippen LogP contribution in [0.4, 0.5) is 0 Å². The van der Waals surface area contributed by atoms with Crippen molar-refractivity contribution < 1.29 is 0 Å². The van der Waals surface area contributed by atoms with Crippen molar-refractivity contribution in [2.75, 3.05) is 0 Å². The van der Waals surface area contributed by atoms with Crippen LogP contribution in [0.3, 0.4) is 0 Å². The number of rotatable bonds is 4. The van der Waals surface area contributed by atoms with Crippen LogP contribution in [0.2, 0.25) is 0 Å². The number of nitrogens with zero attached hydrogens (tertiary/aromatic N) is 2. The maximum Gasteiger partial charge on any atom is 0.0541 e. The Balaban J connectivity index is 0.886. The van der Waals surface area contributed by atoms with Crippen LogP contribution in [0.1, 0.15) is 0 Å². The van der Waals surface area contributed by atoms with Crippen molar-refractivity contribution in [3.05, 3.63) is 218 Å². The van der Waals surface area contributed by atoms with Gasteiger partial charge in [0, 0.05) is 32.9 Å². The third-order valence-electron chi connectivity index (χ3n) is 12.9. The Bertz CT molecular complexity index is 3880. The lowest BCUT2D eigenvalue weighted by Gasteiger charge is -2.11. The highest BCUT2D eigenvalue weighted by atomic mass is 15.0. The molecule has 11 aromatic carbocycles. The lowest BCUT2D eigenvalue weighted by molar-refractivity contribution is 1.18. The largest absolute Gasteiger partial charge is 0.309 e. The number of hydrogen-bond donors (Lipinski definition) is 0. The molecule has 0 atom stereocenters. The first-order chi connectivity index (χ1) is 29.7. The minimum atomic E-state index is 1.15. The Morgan fingerprint density at radius 2 is 0.633 bits per heavy atom. The van der Waals surface area contributed by atoms with Gasteiger partial charge in [-0.3, -0.25) is 0 Å². The Morgan fingerprint density at radius 3 is 1.32 bits per heavy atom. The maximum atomic E-state index is 2.41. The van der Waals surface area contributed by atoms with Crippen molar-refractivity contribution in [1.82, 2.24) is 9.13 Å². The molecule has 0 spiro atoms. The summed E-state index contributed by atoms with van der Waals surface area (Å²) in [5.41, 5.74) is 12.0. The van der Waals surface area contributed by atoms with Crippen molar-refractivity contribution in [1.29, 1.82) is 0 Å². The summed E-state index contributed by atoms with van der Waals surface area (Å²) in [6, 6.07) is 80.6. The molecule has 60 heavy (non-hydrogen) atoms. The molecule has 0 bridgehead atoms. The zero-order valence-corrected chi connectivity index (χ0v) is 32.7. The predicted molar refractivity (Wildman–Crippen MR) is 256 cm³/mol. The molecule has 0 aliphatic rings. The van der Waals surface area contributed by atoms with Gasteiger partial charge < -0.3 is 9.13 Å². The molecule has 13 aromatic rings. The van der Waals surface area contributed by atoms with Gasteiger partial charge in [-0.2, -0.15) is 0 Å². The van der Waals surface area contributed by atoms with Gasteiger partial charge in [0.1, 0.15) is 0 Å². The van der Waals surface area contributed by atoms with Crippen LogP contribution in [-0.2, 0) is 0 Å². The number of para-hydroxylation sites is 2. The van der Waals surface area contributed by atoms with Gasteiger partial charge in [-0.1, -0.05) is 152 Å². The summed E-state index contributed by atoms with van der Waals surface area (Å²) >= 11 is 0. The second-order valence-corrected chi connectivity index (χ2v) is 16.1. The highest BCUT2D eigenvalue weighted by molar-refractivity contribution is 6.18. The van der Waals surface area contributed by atoms with E-state index in [0.717, 1.165) is 5.69 Å². The van der Waals surface area contributed by atoms with Gasteiger partial charge in [0.15, 0.2) is 0 Å². The lowest BCUT2D eigenvalue weighted by Crippen LogP contribution is -1.94. The molecule has 2 aromatic heterocycles. The second kappa shape index (κ2) is 12.8. The van der Waals surface area contributed by atoms with E-state index in [0.29, 0.717) is 0 Å². The summed E-state index contributed by atoms with van der Waals surface area (Å²) in [6.07, 6.45) is 0. The summed E-state index contributed by atoms with van der Waals surface area (Å²) in [5, 5.41) is 15.2. The zero-order valence-electron chi connectivity index (χ0n) is 32.7. The lowest BCUT2D eigenvalue weighted by atomic mass is 9.95. The fourth-order valence-electron chi connectivity index (χ4n) is 9.99. The molecule has 0 aliphatic heterocycles. The van der Waals surface area contributed by atoms with E-state index in [1.54, 1.807) is 0 Å². The highest BCUT2D eigenvalue weighted by Crippen LogP contribution is 2.39. The Morgan fingerprint density at radius 1 is 0.200 bits per heavy atom. The van der Waals surface area contributed by atoms with E-state index >= 15 is 0 Å². The molecular weight excluding hydrogens is 725 g/mol. The summed E-state index contributed by atoms with van der Waals surface area (Å²) in [4.78, 5) is 0. The monoisotopic (exact) mass is 760 g/mol. The number of benzene rings is 11. The molecule has 0 saturated carbocycles. The average Bonchev–Trinajstić information content (AvgIpc) is 3.83. The van der Waals surface area contributed by atoms with Crippen molar-refractivity contribution in [3.8, 4) is 33.6 Å². The van der Waals surface area contributed by atoms with Gasteiger partial charge in [-0.05, 0) is 132 Å². The first-order valence-electron chi connectivity index (χ1n) is 20.7. The van der Waals surface area contributed by atoms with E-state index in [-0.39, 0.29) is 0 Å². The van der Waals surface area contributed by atoms with E-state index < -0.39 is 0 Å². The first kappa shape index (κ1) is 33.1. The second-order valence-electron chi connectivity index (χ2n) is 16.1. The van der Waals surface area contributed by atoms with Gasteiger partial charge in [-0.25, -0.2) is 0 Å². The summed E-state index contributed by atoms with van der Waals surface area (Å²) in [6.45, 7) is 0. The van der Waals surface area contributed by atoms with Crippen molar-refractivity contribution in [2.45, 2.75) is 0 Å². The first-order valence-corrected chi connectivity index (χ1v) is 20.7. The molecule has 278 valence electrons. The van der Waals surface area contributed by atoms with E-state index in [2.05, 4.69) is 228 Å². The minimum absolute atomic E-state index is 1.15. The van der Waals surface area contributed by atoms with Gasteiger partial charge in [0.05, 0.1) is 22.1 Å². The molecule has 0 fully saturated rings. The molecule has 13 rings (SSSR count). The van der Waals surface area contributed by atoms with Crippen molar-refractivity contribution in [2.24, 2.45) is 0 Å². The molecular formula is C58H36N2. The van der Waals surface area contributed by atoms with E-state index in [1.807, 2.05) is 0 Å². The van der Waals surface area contributed by atoms with E-state index in [9.17, 15) is 0 Å². The Labute approximate surface area is 346 Å². The smallest absolute Gasteiger partial charge is 0.0541 e. The molecule has 2 nitrogen and oxygen atoms in total. The van der Waals surface area contributed by atoms with Crippen molar-refractivity contribution >= 4 is 86.7 Å². The summed E-state index contributed by atoms with van der Waals surface area (Å²) in [5.74, 6) is 0. The standard InChI is InChI=1S/C58H36N2/c1-2-11-40-34-46(27-19-37(40)9-1)60-56-16-8-6-14-52(56)54-36-43(24-32-58(54)60)42-23-31-57-53(35-42)51-13-5-7-15-55(51)59(57)45-25-17-38(18-26-45)41-21-28-48-44(33-41)22-30-49-47-12-4-3-10-39(47)20-29-50(48)49/h1-36H. The van der Waals surface area contributed by atoms with Crippen LogP contribution < -0.4 is 0 Å². The van der Waals surface area contributed by atoms with Gasteiger partial charge in [0.25, 0.3) is 0 Å². The van der Waals surface area contributed by atoms with Crippen LogP contribution in [0.5, 0.6) is 0 Å². The molecule has 0 N–H and O–H groups in total. The van der Waals surface area contributed by atoms with Crippen LogP contribution >= 0.6 is 0 Å². The molecule has 0 saturated heterocycles. The third kappa shape index (κ3) is 4.95. The quantitative estimate of drug-likeness (QED) is 0.158. The number of aromatic nitrogens is 2. The van der Waals surface area contributed by atoms with Crippen LogP contribution in [0.15, 0.2) is 218 Å². The average molecular weight is 761 g/mol. The molecule has 0 amide bonds. The Kier molecular flexibility index (Phi) is 7.05. The van der Waals surface area contributed by atoms with Gasteiger partial charge in [-0.15, -0.1) is 0 Å². The number of fused-ring (bicyclic) bond motifs is 12. The summed E-state index contributed by atoms with van der Waals surface area (Å²) < 4.78 is 4.82. The van der Waals surface area contributed by atoms with Crippen LogP contribution in [0, 0.1) is 0 Å².